The summed E-state index contributed by atoms with van der Waals surface area (Å²) in [5.41, 5.74) is 5.94. The molecule has 4 N–H and O–H groups in total. The summed E-state index contributed by atoms with van der Waals surface area (Å²) >= 11 is 4.60. The quantitative estimate of drug-likeness (QED) is 0.493. The van der Waals surface area contributed by atoms with Crippen molar-refractivity contribution in [3.8, 4) is 11.5 Å². The number of methoxy groups -OCH3 is 2. The smallest absolute Gasteiger partial charge is 0.309 e. The Labute approximate surface area is 127 Å². The number of benzene rings is 1. The van der Waals surface area contributed by atoms with Gasteiger partial charge in [-0.1, -0.05) is 12.2 Å². The van der Waals surface area contributed by atoms with Gasteiger partial charge in [0.2, 0.25) is 0 Å². The van der Waals surface area contributed by atoms with E-state index in [2.05, 4.69) is 22.9 Å². The fourth-order valence-electron chi connectivity index (χ4n) is 1.50. The van der Waals surface area contributed by atoms with Crippen LogP contribution >= 0.6 is 12.2 Å². The minimum Gasteiger partial charge on any atom is -0.497 e. The van der Waals surface area contributed by atoms with Crippen LogP contribution in [0.25, 0.3) is 0 Å². The van der Waals surface area contributed by atoms with Crippen LogP contribution in [0.2, 0.25) is 0 Å². The lowest BCUT2D eigenvalue weighted by molar-refractivity contribution is -0.139. The highest BCUT2D eigenvalue weighted by atomic mass is 32.1. The van der Waals surface area contributed by atoms with E-state index in [9.17, 15) is 9.59 Å². The lowest BCUT2D eigenvalue weighted by atomic mass is 10.2. The predicted octanol–water partition coefficient (Wildman–Crippen LogP) is -0.278. The molecule has 0 atom stereocenters. The van der Waals surface area contributed by atoms with E-state index in [4.69, 9.17) is 15.2 Å². The molecule has 114 valence electrons. The highest BCUT2D eigenvalue weighted by molar-refractivity contribution is 7.80. The van der Waals surface area contributed by atoms with Gasteiger partial charge in [0.1, 0.15) is 11.5 Å². The molecule has 2 amide bonds. The molecule has 1 aromatic carbocycles. The largest absolute Gasteiger partial charge is 0.497 e. The molecule has 8 heteroatoms. The molecule has 0 saturated carbocycles. The first-order valence-electron chi connectivity index (χ1n) is 6.03. The van der Waals surface area contributed by atoms with E-state index in [0.717, 1.165) is 0 Å². The van der Waals surface area contributed by atoms with Crippen molar-refractivity contribution in [1.82, 2.24) is 10.6 Å². The van der Waals surface area contributed by atoms with Gasteiger partial charge in [0.25, 0.3) is 0 Å². The third kappa shape index (κ3) is 5.27. The van der Waals surface area contributed by atoms with Gasteiger partial charge in [-0.05, 0) is 12.1 Å². The van der Waals surface area contributed by atoms with E-state index in [1.807, 2.05) is 0 Å². The summed E-state index contributed by atoms with van der Waals surface area (Å²) in [5, 5.41) is 4.78. The highest BCUT2D eigenvalue weighted by Crippen LogP contribution is 2.24. The molecule has 7 nitrogen and oxygen atoms in total. The van der Waals surface area contributed by atoms with E-state index in [1.54, 1.807) is 25.3 Å². The standard InChI is InChI=1S/C13H17N3O4S/c1-19-9-4-3-8(10(5-9)20-2)6-15-12(17)13(18)16-7-11(14)21/h3-5H,6-7H2,1-2H3,(H2,14,21)(H,15,17)(H,16,18). The van der Waals surface area contributed by atoms with Crippen molar-refractivity contribution < 1.29 is 19.1 Å². The summed E-state index contributed by atoms with van der Waals surface area (Å²) in [6, 6.07) is 5.16. The summed E-state index contributed by atoms with van der Waals surface area (Å²) in [7, 11) is 3.05. The number of carbonyl (C=O) groups is 2. The molecule has 0 radical (unpaired) electrons. The van der Waals surface area contributed by atoms with Gasteiger partial charge in [-0.25, -0.2) is 0 Å². The van der Waals surface area contributed by atoms with Crippen LogP contribution in [0.15, 0.2) is 18.2 Å². The lowest BCUT2D eigenvalue weighted by Gasteiger charge is -2.11. The Hall–Kier alpha value is -2.35. The van der Waals surface area contributed by atoms with Crippen LogP contribution < -0.4 is 25.8 Å². The molecule has 0 aliphatic carbocycles. The Kier molecular flexibility index (Phi) is 6.41. The van der Waals surface area contributed by atoms with Crippen LogP contribution in [0.4, 0.5) is 0 Å². The molecular weight excluding hydrogens is 294 g/mol. The van der Waals surface area contributed by atoms with Crippen LogP contribution in [0.3, 0.4) is 0 Å². The molecule has 0 unspecified atom stereocenters. The number of thiocarbonyl (C=S) groups is 1. The average Bonchev–Trinajstić information content (AvgIpc) is 2.49. The van der Waals surface area contributed by atoms with Crippen LogP contribution in [0.1, 0.15) is 5.56 Å². The first-order chi connectivity index (χ1) is 9.97. The average molecular weight is 311 g/mol. The molecule has 0 aliphatic heterocycles. The Morgan fingerprint density at radius 2 is 1.86 bits per heavy atom. The molecule has 0 fully saturated rings. The van der Waals surface area contributed by atoms with E-state index < -0.39 is 11.8 Å². The van der Waals surface area contributed by atoms with Crippen molar-refractivity contribution >= 4 is 29.0 Å². The number of hydrogen-bond acceptors (Lipinski definition) is 5. The van der Waals surface area contributed by atoms with Gasteiger partial charge in [0.15, 0.2) is 0 Å². The zero-order chi connectivity index (χ0) is 15.8. The number of carbonyl (C=O) groups excluding carboxylic acids is 2. The SMILES string of the molecule is COc1ccc(CNC(=O)C(=O)NCC(N)=S)c(OC)c1. The fraction of sp³-hybridized carbons (Fsp3) is 0.308. The zero-order valence-electron chi connectivity index (χ0n) is 11.8. The molecule has 1 rings (SSSR count). The first kappa shape index (κ1) is 16.7. The topological polar surface area (TPSA) is 103 Å². The van der Waals surface area contributed by atoms with Crippen LogP contribution in [-0.2, 0) is 16.1 Å². The summed E-state index contributed by atoms with van der Waals surface area (Å²) in [6.07, 6.45) is 0. The third-order valence-corrected chi connectivity index (χ3v) is 2.71. The molecule has 1 aromatic rings. The molecule has 0 bridgehead atoms. The van der Waals surface area contributed by atoms with Crippen molar-refractivity contribution in [2.75, 3.05) is 20.8 Å². The molecule has 0 saturated heterocycles. The number of ether oxygens (including phenoxy) is 2. The minimum atomic E-state index is -0.796. The Morgan fingerprint density at radius 1 is 1.19 bits per heavy atom. The summed E-state index contributed by atoms with van der Waals surface area (Å²) in [5.74, 6) is -0.381. The van der Waals surface area contributed by atoms with Crippen molar-refractivity contribution in [1.29, 1.82) is 0 Å². The molecule has 0 aliphatic rings. The number of hydrogen-bond donors (Lipinski definition) is 3. The Bertz CT molecular complexity index is 548. The van der Waals surface area contributed by atoms with Gasteiger partial charge in [0.05, 0.1) is 25.8 Å². The molecular formula is C13H17N3O4S. The maximum Gasteiger partial charge on any atom is 0.309 e. The highest BCUT2D eigenvalue weighted by Gasteiger charge is 2.14. The summed E-state index contributed by atoms with van der Waals surface area (Å²) in [4.78, 5) is 23.1. The summed E-state index contributed by atoms with van der Waals surface area (Å²) in [6.45, 7) is 0.125. The zero-order valence-corrected chi connectivity index (χ0v) is 12.6. The van der Waals surface area contributed by atoms with E-state index in [1.165, 1.54) is 7.11 Å². The van der Waals surface area contributed by atoms with E-state index in [0.29, 0.717) is 17.1 Å². The number of nitrogens with one attached hydrogen (secondary N) is 2. The van der Waals surface area contributed by atoms with Crippen molar-refractivity contribution in [3.05, 3.63) is 23.8 Å². The van der Waals surface area contributed by atoms with Crippen LogP contribution in [0, 0.1) is 0 Å². The van der Waals surface area contributed by atoms with Crippen molar-refractivity contribution in [3.63, 3.8) is 0 Å². The van der Waals surface area contributed by atoms with Gasteiger partial charge in [0, 0.05) is 18.2 Å². The van der Waals surface area contributed by atoms with E-state index >= 15 is 0 Å². The monoisotopic (exact) mass is 311 g/mol. The minimum absolute atomic E-state index is 0.0204. The Morgan fingerprint density at radius 3 is 2.43 bits per heavy atom. The predicted molar refractivity (Wildman–Crippen MR) is 81.2 cm³/mol. The molecule has 0 heterocycles. The number of nitrogens with two attached hydrogens (primary N) is 1. The lowest BCUT2D eigenvalue weighted by Crippen LogP contribution is -2.42. The van der Waals surface area contributed by atoms with Gasteiger partial charge in [-0.15, -0.1) is 0 Å². The molecule has 21 heavy (non-hydrogen) atoms. The second-order valence-electron chi connectivity index (χ2n) is 4.01. The summed E-state index contributed by atoms with van der Waals surface area (Å²) < 4.78 is 10.3. The maximum atomic E-state index is 11.6. The van der Waals surface area contributed by atoms with Gasteiger partial charge in [-0.2, -0.15) is 0 Å². The van der Waals surface area contributed by atoms with Crippen molar-refractivity contribution in [2.24, 2.45) is 5.73 Å². The Balaban J connectivity index is 2.60. The van der Waals surface area contributed by atoms with Gasteiger partial charge >= 0.3 is 11.8 Å². The van der Waals surface area contributed by atoms with Gasteiger partial charge < -0.3 is 25.8 Å². The second-order valence-corrected chi connectivity index (χ2v) is 4.53. The van der Waals surface area contributed by atoms with Gasteiger partial charge in [-0.3, -0.25) is 9.59 Å². The molecule has 0 spiro atoms. The second kappa shape index (κ2) is 8.05. The van der Waals surface area contributed by atoms with E-state index in [-0.39, 0.29) is 18.1 Å². The van der Waals surface area contributed by atoms with Crippen LogP contribution in [0.5, 0.6) is 11.5 Å². The van der Waals surface area contributed by atoms with Crippen molar-refractivity contribution in [2.45, 2.75) is 6.54 Å². The van der Waals surface area contributed by atoms with Crippen LogP contribution in [-0.4, -0.2) is 37.6 Å². The third-order valence-electron chi connectivity index (χ3n) is 2.56. The molecule has 0 aromatic heterocycles. The normalized spacial score (nSPS) is 9.62. The maximum absolute atomic E-state index is 11.6. The first-order valence-corrected chi connectivity index (χ1v) is 6.44. The number of amides is 2. The fourth-order valence-corrected chi connectivity index (χ4v) is 1.57. The number of rotatable bonds is 6.